The van der Waals surface area contributed by atoms with Crippen molar-refractivity contribution in [2.24, 2.45) is 0 Å². The first-order chi connectivity index (χ1) is 15.6. The number of hydrogen-bond acceptors (Lipinski definition) is 6. The molecule has 2 aliphatic rings. The summed E-state index contributed by atoms with van der Waals surface area (Å²) in [6.45, 7) is 3.37. The Morgan fingerprint density at radius 2 is 2.09 bits per heavy atom. The number of ether oxygens (including phenoxy) is 1. The van der Waals surface area contributed by atoms with E-state index in [4.69, 9.17) is 9.57 Å². The number of pyridine rings is 1. The van der Waals surface area contributed by atoms with E-state index in [9.17, 15) is 9.18 Å². The van der Waals surface area contributed by atoms with Crippen molar-refractivity contribution in [1.29, 1.82) is 0 Å². The van der Waals surface area contributed by atoms with Gasteiger partial charge in [0.25, 0.3) is 5.91 Å². The molecule has 2 saturated heterocycles. The maximum Gasteiger partial charge on any atom is 0.267 e. The molecule has 0 spiro atoms. The van der Waals surface area contributed by atoms with Crippen LogP contribution < -0.4 is 10.8 Å². The Balaban J connectivity index is 1.19. The zero-order valence-electron chi connectivity index (χ0n) is 18.0. The van der Waals surface area contributed by atoms with Gasteiger partial charge in [-0.1, -0.05) is 12.1 Å². The summed E-state index contributed by atoms with van der Waals surface area (Å²) in [6, 6.07) is 10.8. The Kier molecular flexibility index (Phi) is 7.82. The van der Waals surface area contributed by atoms with Crippen LogP contribution in [-0.4, -0.2) is 47.8 Å². The van der Waals surface area contributed by atoms with Crippen LogP contribution in [0.1, 0.15) is 36.8 Å². The summed E-state index contributed by atoms with van der Waals surface area (Å²) in [6.07, 6.45) is 8.34. The standard InChI is InChI=1S/C24H29FN4O3/c25-20-8-4-19(5-9-20)16-29-13-12-21(17-29)27-22-10-6-18(15-26-22)7-11-23(30)28-32-24-3-1-2-14-31-24/h4-11,15,21,24H,1-3,12-14,16-17H2,(H,26,27)(H,28,30)/b11-7+/t21-,24?/m1/s1. The van der Waals surface area contributed by atoms with E-state index in [1.54, 1.807) is 12.3 Å². The average Bonchev–Trinajstić information content (AvgIpc) is 3.26. The molecule has 170 valence electrons. The number of rotatable bonds is 8. The zero-order chi connectivity index (χ0) is 22.2. The molecule has 0 bridgehead atoms. The normalized spacial score (nSPS) is 21.7. The average molecular weight is 441 g/mol. The van der Waals surface area contributed by atoms with E-state index in [1.165, 1.54) is 18.2 Å². The molecule has 1 aromatic carbocycles. The molecule has 32 heavy (non-hydrogen) atoms. The van der Waals surface area contributed by atoms with Crippen molar-refractivity contribution in [3.8, 4) is 0 Å². The minimum absolute atomic E-state index is 0.206. The number of nitrogens with one attached hydrogen (secondary N) is 2. The summed E-state index contributed by atoms with van der Waals surface area (Å²) in [5.41, 5.74) is 4.34. The van der Waals surface area contributed by atoms with Gasteiger partial charge in [0.05, 0.1) is 0 Å². The van der Waals surface area contributed by atoms with E-state index in [0.29, 0.717) is 12.6 Å². The van der Waals surface area contributed by atoms with E-state index in [1.807, 2.05) is 24.3 Å². The maximum absolute atomic E-state index is 13.1. The number of nitrogens with zero attached hydrogens (tertiary/aromatic N) is 2. The van der Waals surface area contributed by atoms with Crippen molar-refractivity contribution in [2.45, 2.75) is 44.6 Å². The highest BCUT2D eigenvalue weighted by Crippen LogP contribution is 2.18. The van der Waals surface area contributed by atoms with Gasteiger partial charge in [-0.05, 0) is 60.7 Å². The van der Waals surface area contributed by atoms with Crippen LogP contribution in [0.2, 0.25) is 0 Å². The van der Waals surface area contributed by atoms with Crippen LogP contribution in [0.3, 0.4) is 0 Å². The summed E-state index contributed by atoms with van der Waals surface area (Å²) in [4.78, 5) is 24.0. The van der Waals surface area contributed by atoms with Crippen molar-refractivity contribution in [3.63, 3.8) is 0 Å². The van der Waals surface area contributed by atoms with E-state index >= 15 is 0 Å². The van der Waals surface area contributed by atoms with E-state index < -0.39 is 0 Å². The summed E-state index contributed by atoms with van der Waals surface area (Å²) < 4.78 is 18.5. The molecule has 0 saturated carbocycles. The van der Waals surface area contributed by atoms with Crippen molar-refractivity contribution in [2.75, 3.05) is 25.0 Å². The topological polar surface area (TPSA) is 75.7 Å². The Morgan fingerprint density at radius 3 is 2.84 bits per heavy atom. The van der Waals surface area contributed by atoms with Gasteiger partial charge in [0, 0.05) is 51.0 Å². The highest BCUT2D eigenvalue weighted by Gasteiger charge is 2.22. The number of carbonyl (C=O) groups is 1. The summed E-state index contributed by atoms with van der Waals surface area (Å²) in [7, 11) is 0. The predicted octanol–water partition coefficient (Wildman–Crippen LogP) is 3.49. The van der Waals surface area contributed by atoms with Crippen LogP contribution in [-0.2, 0) is 20.9 Å². The van der Waals surface area contributed by atoms with E-state index in [2.05, 4.69) is 20.7 Å². The zero-order valence-corrected chi connectivity index (χ0v) is 18.0. The van der Waals surface area contributed by atoms with Crippen LogP contribution in [0.5, 0.6) is 0 Å². The SMILES string of the molecule is O=C(/C=C/c1ccc(N[C@@H]2CCN(Cc3ccc(F)cc3)C2)nc1)NOC1CCCCO1. The fourth-order valence-electron chi connectivity index (χ4n) is 3.87. The van der Waals surface area contributed by atoms with Gasteiger partial charge >= 0.3 is 0 Å². The summed E-state index contributed by atoms with van der Waals surface area (Å²) in [5.74, 6) is 0.258. The molecule has 1 aromatic heterocycles. The first-order valence-electron chi connectivity index (χ1n) is 11.1. The molecule has 7 nitrogen and oxygen atoms in total. The fourth-order valence-corrected chi connectivity index (χ4v) is 3.87. The van der Waals surface area contributed by atoms with E-state index in [-0.39, 0.29) is 18.0 Å². The molecule has 0 radical (unpaired) electrons. The molecule has 2 aliphatic heterocycles. The number of anilines is 1. The second-order valence-electron chi connectivity index (χ2n) is 8.18. The maximum atomic E-state index is 13.1. The van der Waals surface area contributed by atoms with Gasteiger partial charge in [0.1, 0.15) is 11.6 Å². The summed E-state index contributed by atoms with van der Waals surface area (Å²) >= 11 is 0. The lowest BCUT2D eigenvalue weighted by atomic mass is 10.2. The molecule has 1 amide bonds. The van der Waals surface area contributed by atoms with Crippen molar-refractivity contribution in [1.82, 2.24) is 15.4 Å². The van der Waals surface area contributed by atoms with Gasteiger partial charge in [-0.3, -0.25) is 9.69 Å². The van der Waals surface area contributed by atoms with Gasteiger partial charge < -0.3 is 10.1 Å². The first kappa shape index (κ1) is 22.4. The molecular weight excluding hydrogens is 411 g/mol. The van der Waals surface area contributed by atoms with Crippen LogP contribution in [0, 0.1) is 5.82 Å². The van der Waals surface area contributed by atoms with Gasteiger partial charge in [-0.2, -0.15) is 0 Å². The van der Waals surface area contributed by atoms with Gasteiger partial charge in [0.2, 0.25) is 0 Å². The molecule has 2 N–H and O–H groups in total. The number of carbonyl (C=O) groups excluding carboxylic acids is 1. The minimum Gasteiger partial charge on any atom is -0.366 e. The summed E-state index contributed by atoms with van der Waals surface area (Å²) in [5, 5.41) is 3.46. The minimum atomic E-state index is -0.365. The molecule has 3 heterocycles. The number of aromatic nitrogens is 1. The lowest BCUT2D eigenvalue weighted by molar-refractivity contribution is -0.198. The first-order valence-corrected chi connectivity index (χ1v) is 11.1. The number of hydrogen-bond donors (Lipinski definition) is 2. The van der Waals surface area contributed by atoms with Crippen molar-refractivity contribution < 1.29 is 18.8 Å². The van der Waals surface area contributed by atoms with Gasteiger partial charge in [-0.25, -0.2) is 19.7 Å². The quantitative estimate of drug-likeness (QED) is 0.484. The largest absolute Gasteiger partial charge is 0.366 e. The molecule has 2 atom stereocenters. The van der Waals surface area contributed by atoms with E-state index in [0.717, 1.165) is 62.3 Å². The molecule has 1 unspecified atom stereocenters. The molecular formula is C24H29FN4O3. The number of halogens is 1. The third-order valence-electron chi connectivity index (χ3n) is 5.59. The molecule has 2 fully saturated rings. The lowest BCUT2D eigenvalue weighted by Crippen LogP contribution is -2.32. The van der Waals surface area contributed by atoms with Crippen LogP contribution >= 0.6 is 0 Å². The Labute approximate surface area is 187 Å². The third-order valence-corrected chi connectivity index (χ3v) is 5.59. The molecule has 8 heteroatoms. The number of likely N-dealkylation sites (tertiary alicyclic amines) is 1. The number of hydroxylamine groups is 1. The second kappa shape index (κ2) is 11.2. The Bertz CT molecular complexity index is 898. The highest BCUT2D eigenvalue weighted by atomic mass is 19.1. The number of amides is 1. The van der Waals surface area contributed by atoms with Crippen LogP contribution in [0.15, 0.2) is 48.7 Å². The molecule has 4 rings (SSSR count). The van der Waals surface area contributed by atoms with Gasteiger partial charge in [-0.15, -0.1) is 0 Å². The monoisotopic (exact) mass is 440 g/mol. The predicted molar refractivity (Wildman–Crippen MR) is 120 cm³/mol. The lowest BCUT2D eigenvalue weighted by Gasteiger charge is -2.21. The molecule has 0 aliphatic carbocycles. The second-order valence-corrected chi connectivity index (χ2v) is 8.18. The van der Waals surface area contributed by atoms with Crippen molar-refractivity contribution in [3.05, 3.63) is 65.6 Å². The van der Waals surface area contributed by atoms with Gasteiger partial charge in [0.15, 0.2) is 6.29 Å². The van der Waals surface area contributed by atoms with Crippen molar-refractivity contribution >= 4 is 17.8 Å². The Morgan fingerprint density at radius 1 is 1.22 bits per heavy atom. The third kappa shape index (κ3) is 6.85. The Hall–Kier alpha value is -2.81. The van der Waals surface area contributed by atoms with Crippen LogP contribution in [0.25, 0.3) is 6.08 Å². The van der Waals surface area contributed by atoms with Crippen LogP contribution in [0.4, 0.5) is 10.2 Å². The fraction of sp³-hybridized carbons (Fsp3) is 0.417. The highest BCUT2D eigenvalue weighted by molar-refractivity contribution is 5.90. The molecule has 2 aromatic rings. The smallest absolute Gasteiger partial charge is 0.267 e. The number of benzene rings is 1.